The van der Waals surface area contributed by atoms with Gasteiger partial charge in [0.15, 0.2) is 11.7 Å². The van der Waals surface area contributed by atoms with Crippen LogP contribution in [0.25, 0.3) is 0 Å². The van der Waals surface area contributed by atoms with Gasteiger partial charge >= 0.3 is 0 Å². The fraction of sp³-hybridized carbons (Fsp3) is 0.571. The Kier molecular flexibility index (Phi) is 7.28. The second-order valence-corrected chi connectivity index (χ2v) is 7.27. The Labute approximate surface area is 167 Å². The van der Waals surface area contributed by atoms with Crippen LogP contribution in [-0.2, 0) is 13.1 Å². The first kappa shape index (κ1) is 20.2. The molecule has 0 aliphatic heterocycles. The number of rotatable bonds is 10. The fourth-order valence-electron chi connectivity index (χ4n) is 3.02. The average molecular weight is 386 g/mol. The van der Waals surface area contributed by atoms with Crippen LogP contribution in [0, 0.1) is 5.92 Å². The van der Waals surface area contributed by atoms with Crippen molar-refractivity contribution in [1.82, 2.24) is 20.8 Å². The zero-order chi connectivity index (χ0) is 19.8. The second-order valence-electron chi connectivity index (χ2n) is 7.27. The Bertz CT molecular complexity index is 766. The Morgan fingerprint density at radius 1 is 1.25 bits per heavy atom. The van der Waals surface area contributed by atoms with Crippen molar-refractivity contribution in [1.29, 1.82) is 0 Å². The van der Waals surface area contributed by atoms with E-state index in [9.17, 15) is 0 Å². The summed E-state index contributed by atoms with van der Waals surface area (Å²) in [6.45, 7) is 6.29. The quantitative estimate of drug-likeness (QED) is 0.480. The first-order valence-electron chi connectivity index (χ1n) is 10.2. The van der Waals surface area contributed by atoms with Crippen LogP contribution < -0.4 is 15.4 Å². The number of pyridine rings is 1. The number of nitrogens with one attached hydrogen (secondary N) is 2. The summed E-state index contributed by atoms with van der Waals surface area (Å²) in [7, 11) is 1.75. The number of ether oxygens (including phenoxy) is 1. The summed E-state index contributed by atoms with van der Waals surface area (Å²) in [6, 6.07) is 5.98. The van der Waals surface area contributed by atoms with Gasteiger partial charge in [-0.2, -0.15) is 0 Å². The molecule has 1 fully saturated rings. The van der Waals surface area contributed by atoms with Crippen LogP contribution in [0.3, 0.4) is 0 Å². The van der Waals surface area contributed by atoms with Crippen molar-refractivity contribution in [3.05, 3.63) is 41.4 Å². The van der Waals surface area contributed by atoms with Crippen LogP contribution >= 0.6 is 0 Å². The highest BCUT2D eigenvalue weighted by Crippen LogP contribution is 2.29. The monoisotopic (exact) mass is 385 g/mol. The number of nitrogens with zero attached hydrogens (tertiary/aromatic N) is 3. The van der Waals surface area contributed by atoms with E-state index in [1.165, 1.54) is 12.8 Å². The highest BCUT2D eigenvalue weighted by Gasteiger charge is 2.22. The first-order chi connectivity index (χ1) is 13.7. The molecule has 2 heterocycles. The summed E-state index contributed by atoms with van der Waals surface area (Å²) in [5.74, 6) is 3.37. The molecule has 0 atom stereocenters. The third kappa shape index (κ3) is 5.97. The standard InChI is InChI=1S/C21H31N5O2/c1-4-17(5-2)19-11-18(28-26-19)13-25-21(22-3)24-12-16-8-9-23-20(10-16)27-14-15-6-7-15/h8-11,15,17H,4-7,12-14H2,1-3H3,(H2,22,24,25). The summed E-state index contributed by atoms with van der Waals surface area (Å²) < 4.78 is 11.2. The van der Waals surface area contributed by atoms with Gasteiger partial charge in [0.05, 0.1) is 18.8 Å². The lowest BCUT2D eigenvalue weighted by Crippen LogP contribution is -2.36. The smallest absolute Gasteiger partial charge is 0.213 e. The van der Waals surface area contributed by atoms with E-state index in [1.54, 1.807) is 13.2 Å². The normalized spacial score (nSPS) is 14.4. The molecule has 2 aromatic heterocycles. The lowest BCUT2D eigenvalue weighted by molar-refractivity contribution is 0.288. The van der Waals surface area contributed by atoms with E-state index in [4.69, 9.17) is 9.26 Å². The number of guanidine groups is 1. The fourth-order valence-corrected chi connectivity index (χ4v) is 3.02. The molecule has 1 aliphatic carbocycles. The van der Waals surface area contributed by atoms with Crippen LogP contribution in [0.2, 0.25) is 0 Å². The molecule has 0 bridgehead atoms. The molecule has 28 heavy (non-hydrogen) atoms. The van der Waals surface area contributed by atoms with Crippen molar-refractivity contribution in [2.75, 3.05) is 13.7 Å². The van der Waals surface area contributed by atoms with Crippen molar-refractivity contribution in [3.8, 4) is 5.88 Å². The van der Waals surface area contributed by atoms with E-state index in [2.05, 4.69) is 39.6 Å². The van der Waals surface area contributed by atoms with Crippen molar-refractivity contribution in [2.45, 2.75) is 58.5 Å². The van der Waals surface area contributed by atoms with Crippen LogP contribution in [0.5, 0.6) is 5.88 Å². The van der Waals surface area contributed by atoms with E-state index >= 15 is 0 Å². The molecule has 1 saturated carbocycles. The zero-order valence-corrected chi connectivity index (χ0v) is 17.1. The molecule has 0 radical (unpaired) electrons. The molecule has 0 aromatic carbocycles. The lowest BCUT2D eigenvalue weighted by atomic mass is 9.99. The van der Waals surface area contributed by atoms with E-state index in [1.807, 2.05) is 18.2 Å². The van der Waals surface area contributed by atoms with Crippen LogP contribution in [0.1, 0.15) is 62.5 Å². The first-order valence-corrected chi connectivity index (χ1v) is 10.2. The highest BCUT2D eigenvalue weighted by atomic mass is 16.5. The minimum absolute atomic E-state index is 0.456. The predicted octanol–water partition coefficient (Wildman–Crippen LogP) is 3.63. The molecule has 2 N–H and O–H groups in total. The molecular formula is C21H31N5O2. The van der Waals surface area contributed by atoms with Gasteiger partial charge < -0.3 is 19.9 Å². The van der Waals surface area contributed by atoms with Crippen LogP contribution in [0.15, 0.2) is 33.9 Å². The Morgan fingerprint density at radius 3 is 2.75 bits per heavy atom. The highest BCUT2D eigenvalue weighted by molar-refractivity contribution is 5.79. The maximum absolute atomic E-state index is 5.74. The third-order valence-electron chi connectivity index (χ3n) is 5.06. The van der Waals surface area contributed by atoms with Gasteiger partial charge in [0.2, 0.25) is 5.88 Å². The van der Waals surface area contributed by atoms with E-state index in [0.717, 1.165) is 36.5 Å². The number of aliphatic imine (C=N–C) groups is 1. The minimum atomic E-state index is 0.456. The van der Waals surface area contributed by atoms with Gasteiger partial charge in [-0.25, -0.2) is 4.98 Å². The van der Waals surface area contributed by atoms with Crippen molar-refractivity contribution >= 4 is 5.96 Å². The maximum atomic E-state index is 5.74. The largest absolute Gasteiger partial charge is 0.477 e. The van der Waals surface area contributed by atoms with Crippen LogP contribution in [-0.4, -0.2) is 29.8 Å². The van der Waals surface area contributed by atoms with Gasteiger partial charge in [0, 0.05) is 37.8 Å². The van der Waals surface area contributed by atoms with Crippen LogP contribution in [0.4, 0.5) is 0 Å². The topological polar surface area (TPSA) is 84.6 Å². The molecule has 1 aliphatic rings. The van der Waals surface area contributed by atoms with Gasteiger partial charge in [-0.05, 0) is 43.2 Å². The van der Waals surface area contributed by atoms with Gasteiger partial charge in [-0.1, -0.05) is 19.0 Å². The van der Waals surface area contributed by atoms with Gasteiger partial charge in [0.25, 0.3) is 0 Å². The van der Waals surface area contributed by atoms with Crippen molar-refractivity contribution in [2.24, 2.45) is 10.9 Å². The average Bonchev–Trinajstić information content (AvgIpc) is 3.45. The molecule has 7 heteroatoms. The Hall–Kier alpha value is -2.57. The molecule has 0 saturated heterocycles. The van der Waals surface area contributed by atoms with Crippen molar-refractivity contribution in [3.63, 3.8) is 0 Å². The minimum Gasteiger partial charge on any atom is -0.477 e. The third-order valence-corrected chi connectivity index (χ3v) is 5.06. The summed E-state index contributed by atoms with van der Waals surface area (Å²) in [5.41, 5.74) is 2.12. The Morgan fingerprint density at radius 2 is 2.04 bits per heavy atom. The number of aromatic nitrogens is 2. The van der Waals surface area contributed by atoms with E-state index < -0.39 is 0 Å². The molecule has 7 nitrogen and oxygen atoms in total. The summed E-state index contributed by atoms with van der Waals surface area (Å²) in [6.07, 6.45) is 6.46. The summed E-state index contributed by atoms with van der Waals surface area (Å²) in [4.78, 5) is 8.55. The molecular weight excluding hydrogens is 354 g/mol. The van der Waals surface area contributed by atoms with E-state index in [0.29, 0.717) is 36.8 Å². The molecule has 0 amide bonds. The molecule has 2 aromatic rings. The van der Waals surface area contributed by atoms with E-state index in [-0.39, 0.29) is 0 Å². The van der Waals surface area contributed by atoms with Gasteiger partial charge in [0.1, 0.15) is 0 Å². The predicted molar refractivity (Wildman–Crippen MR) is 109 cm³/mol. The molecule has 3 rings (SSSR count). The van der Waals surface area contributed by atoms with Crippen molar-refractivity contribution < 1.29 is 9.26 Å². The van der Waals surface area contributed by atoms with Gasteiger partial charge in [-0.15, -0.1) is 0 Å². The van der Waals surface area contributed by atoms with Gasteiger partial charge in [-0.3, -0.25) is 4.99 Å². The Balaban J connectivity index is 1.46. The molecule has 0 spiro atoms. The number of hydrogen-bond acceptors (Lipinski definition) is 5. The SMILES string of the molecule is CCC(CC)c1cc(CNC(=NC)NCc2ccnc(OCC3CC3)c2)on1. The lowest BCUT2D eigenvalue weighted by Gasteiger charge is -2.11. The number of hydrogen-bond donors (Lipinski definition) is 2. The summed E-state index contributed by atoms with van der Waals surface area (Å²) in [5, 5.41) is 10.8. The second kappa shape index (κ2) is 10.1. The molecule has 152 valence electrons. The molecule has 0 unspecified atom stereocenters. The summed E-state index contributed by atoms with van der Waals surface area (Å²) >= 11 is 0. The zero-order valence-electron chi connectivity index (χ0n) is 17.1. The maximum Gasteiger partial charge on any atom is 0.213 e.